The van der Waals surface area contributed by atoms with E-state index in [9.17, 15) is 0 Å². The Morgan fingerprint density at radius 1 is 1.36 bits per heavy atom. The van der Waals surface area contributed by atoms with Crippen LogP contribution in [0.3, 0.4) is 0 Å². The van der Waals surface area contributed by atoms with Crippen molar-refractivity contribution in [2.75, 3.05) is 33.2 Å². The summed E-state index contributed by atoms with van der Waals surface area (Å²) in [4.78, 5) is 4.41. The van der Waals surface area contributed by atoms with E-state index in [1.54, 1.807) is 6.20 Å². The van der Waals surface area contributed by atoms with Crippen LogP contribution in [0.5, 0.6) is 0 Å². The van der Waals surface area contributed by atoms with Gasteiger partial charge in [-0.3, -0.25) is 4.68 Å². The van der Waals surface area contributed by atoms with Gasteiger partial charge in [-0.15, -0.1) is 0 Å². The Labute approximate surface area is 144 Å². The first-order valence-corrected chi connectivity index (χ1v) is 8.73. The quantitative estimate of drug-likeness (QED) is 0.550. The highest BCUT2D eigenvalue weighted by Gasteiger charge is 2.12. The molecule has 0 fully saturated rings. The van der Waals surface area contributed by atoms with Crippen LogP contribution in [0.15, 0.2) is 6.20 Å². The molecule has 0 aliphatic carbocycles. The van der Waals surface area contributed by atoms with E-state index in [2.05, 4.69) is 36.1 Å². The summed E-state index contributed by atoms with van der Waals surface area (Å²) in [5.74, 6) is 0. The van der Waals surface area contributed by atoms with Gasteiger partial charge in [0.05, 0.1) is 23.5 Å². The van der Waals surface area contributed by atoms with E-state index in [0.29, 0.717) is 11.6 Å². The van der Waals surface area contributed by atoms with Gasteiger partial charge < -0.3 is 15.1 Å². The minimum atomic E-state index is 0.661. The molecule has 1 rings (SSSR count). The fraction of sp³-hybridized carbons (Fsp3) is 0.733. The minimum Gasteiger partial charge on any atom is -0.363 e. The van der Waals surface area contributed by atoms with Crippen molar-refractivity contribution in [3.8, 4) is 0 Å². The second kappa shape index (κ2) is 10.0. The van der Waals surface area contributed by atoms with Crippen LogP contribution >= 0.6 is 23.8 Å². The second-order valence-corrected chi connectivity index (χ2v) is 6.02. The van der Waals surface area contributed by atoms with E-state index < -0.39 is 0 Å². The molecule has 0 radical (unpaired) electrons. The lowest BCUT2D eigenvalue weighted by molar-refractivity contribution is 0.299. The molecule has 126 valence electrons. The molecule has 1 aromatic rings. The number of aromatic nitrogens is 2. The summed E-state index contributed by atoms with van der Waals surface area (Å²) in [6.45, 7) is 12.1. The summed E-state index contributed by atoms with van der Waals surface area (Å²) in [6, 6.07) is 0. The summed E-state index contributed by atoms with van der Waals surface area (Å²) in [5, 5.41) is 9.00. The van der Waals surface area contributed by atoms with Gasteiger partial charge in [-0.2, -0.15) is 5.10 Å². The standard InChI is InChI=1S/C15H28ClN5S/c1-5-20(6-2)10-8-9-17-15(22)19(4)12-14-13(16)11-18-21(14)7-3/h11H,5-10,12H2,1-4H3,(H,17,22). The number of aryl methyl sites for hydroxylation is 1. The molecule has 7 heteroatoms. The molecule has 0 aliphatic rings. The van der Waals surface area contributed by atoms with E-state index in [-0.39, 0.29) is 0 Å². The average Bonchev–Trinajstić information content (AvgIpc) is 2.87. The Morgan fingerprint density at radius 2 is 2.05 bits per heavy atom. The maximum Gasteiger partial charge on any atom is 0.169 e. The van der Waals surface area contributed by atoms with E-state index in [1.165, 1.54) is 0 Å². The zero-order valence-electron chi connectivity index (χ0n) is 14.1. The van der Waals surface area contributed by atoms with Gasteiger partial charge >= 0.3 is 0 Å². The fourth-order valence-corrected chi connectivity index (χ4v) is 2.65. The van der Waals surface area contributed by atoms with Crippen molar-refractivity contribution >= 4 is 28.9 Å². The first-order valence-electron chi connectivity index (χ1n) is 7.94. The van der Waals surface area contributed by atoms with Crippen LogP contribution in [0.2, 0.25) is 5.02 Å². The van der Waals surface area contributed by atoms with Gasteiger partial charge in [-0.25, -0.2) is 0 Å². The summed E-state index contributed by atoms with van der Waals surface area (Å²) in [6.07, 6.45) is 2.78. The lowest BCUT2D eigenvalue weighted by Gasteiger charge is -2.22. The Morgan fingerprint density at radius 3 is 2.64 bits per heavy atom. The molecule has 1 aromatic heterocycles. The van der Waals surface area contributed by atoms with Gasteiger partial charge in [0, 0.05) is 20.1 Å². The number of rotatable bonds is 9. The van der Waals surface area contributed by atoms with Gasteiger partial charge in [0.15, 0.2) is 5.11 Å². The maximum atomic E-state index is 6.19. The molecule has 1 heterocycles. The van der Waals surface area contributed by atoms with Gasteiger partial charge in [-0.1, -0.05) is 25.4 Å². The lowest BCUT2D eigenvalue weighted by Crippen LogP contribution is -2.38. The fourth-order valence-electron chi connectivity index (χ4n) is 2.29. The van der Waals surface area contributed by atoms with Crippen LogP contribution in [0, 0.1) is 0 Å². The second-order valence-electron chi connectivity index (χ2n) is 5.22. The van der Waals surface area contributed by atoms with Gasteiger partial charge in [0.25, 0.3) is 0 Å². The summed E-state index contributed by atoms with van der Waals surface area (Å²) < 4.78 is 1.90. The topological polar surface area (TPSA) is 36.3 Å². The molecule has 0 bridgehead atoms. The molecule has 0 atom stereocenters. The normalized spacial score (nSPS) is 11.0. The van der Waals surface area contributed by atoms with Gasteiger partial charge in [0.2, 0.25) is 0 Å². The first-order chi connectivity index (χ1) is 10.5. The molecule has 1 N–H and O–H groups in total. The number of nitrogens with one attached hydrogen (secondary N) is 1. The van der Waals surface area contributed by atoms with E-state index >= 15 is 0 Å². The average molecular weight is 346 g/mol. The van der Waals surface area contributed by atoms with Crippen molar-refractivity contribution in [1.29, 1.82) is 0 Å². The van der Waals surface area contributed by atoms with Crippen LogP contribution in [0.25, 0.3) is 0 Å². The molecule has 0 unspecified atom stereocenters. The molecule has 22 heavy (non-hydrogen) atoms. The third-order valence-corrected chi connectivity index (χ3v) is 4.52. The molecule has 0 spiro atoms. The molecule has 0 saturated carbocycles. The third-order valence-electron chi connectivity index (χ3n) is 3.75. The van der Waals surface area contributed by atoms with Gasteiger partial charge in [0.1, 0.15) is 0 Å². The lowest BCUT2D eigenvalue weighted by atomic mass is 10.3. The number of hydrogen-bond acceptors (Lipinski definition) is 3. The zero-order chi connectivity index (χ0) is 16.5. The van der Waals surface area contributed by atoms with Crippen LogP contribution in [0.4, 0.5) is 0 Å². The monoisotopic (exact) mass is 345 g/mol. The van der Waals surface area contributed by atoms with Crippen LogP contribution in [-0.2, 0) is 13.1 Å². The van der Waals surface area contributed by atoms with Gasteiger partial charge in [-0.05, 0) is 45.2 Å². The molecular weight excluding hydrogens is 318 g/mol. The number of nitrogens with zero attached hydrogens (tertiary/aromatic N) is 4. The van der Waals surface area contributed by atoms with Crippen molar-refractivity contribution in [3.63, 3.8) is 0 Å². The molecule has 0 saturated heterocycles. The van der Waals surface area contributed by atoms with Crippen molar-refractivity contribution in [2.45, 2.75) is 40.3 Å². The highest BCUT2D eigenvalue weighted by molar-refractivity contribution is 7.80. The first kappa shape index (κ1) is 19.2. The van der Waals surface area contributed by atoms with Crippen molar-refractivity contribution in [1.82, 2.24) is 24.9 Å². The smallest absolute Gasteiger partial charge is 0.169 e. The Balaban J connectivity index is 2.37. The van der Waals surface area contributed by atoms with Crippen LogP contribution in [-0.4, -0.2) is 57.9 Å². The predicted molar refractivity (Wildman–Crippen MR) is 97.4 cm³/mol. The number of thiocarbonyl (C=S) groups is 1. The van der Waals surface area contributed by atoms with Crippen LogP contribution < -0.4 is 5.32 Å². The Kier molecular flexibility index (Phi) is 8.75. The Hall–Kier alpha value is -0.850. The third kappa shape index (κ3) is 5.74. The summed E-state index contributed by atoms with van der Waals surface area (Å²) in [5.41, 5.74) is 0.999. The van der Waals surface area contributed by atoms with Crippen molar-refractivity contribution in [2.24, 2.45) is 0 Å². The van der Waals surface area contributed by atoms with Crippen molar-refractivity contribution in [3.05, 3.63) is 16.9 Å². The molecular formula is C15H28ClN5S. The number of halogens is 1. The van der Waals surface area contributed by atoms with E-state index in [4.69, 9.17) is 23.8 Å². The van der Waals surface area contributed by atoms with Crippen molar-refractivity contribution < 1.29 is 0 Å². The SMILES string of the molecule is CCN(CC)CCCNC(=S)N(C)Cc1c(Cl)cnn1CC. The summed E-state index contributed by atoms with van der Waals surface area (Å²) in [7, 11) is 1.98. The van der Waals surface area contributed by atoms with E-state index in [1.807, 2.05) is 16.6 Å². The maximum absolute atomic E-state index is 6.19. The summed E-state index contributed by atoms with van der Waals surface area (Å²) >= 11 is 11.6. The Bertz CT molecular complexity index is 459. The zero-order valence-corrected chi connectivity index (χ0v) is 15.7. The highest BCUT2D eigenvalue weighted by Crippen LogP contribution is 2.16. The molecule has 0 aromatic carbocycles. The molecule has 5 nitrogen and oxygen atoms in total. The minimum absolute atomic E-state index is 0.661. The van der Waals surface area contributed by atoms with Crippen LogP contribution in [0.1, 0.15) is 32.9 Å². The number of hydrogen-bond donors (Lipinski definition) is 1. The molecule has 0 amide bonds. The van der Waals surface area contributed by atoms with E-state index in [0.717, 1.165) is 50.0 Å². The predicted octanol–water partition coefficient (Wildman–Crippen LogP) is 2.59. The largest absolute Gasteiger partial charge is 0.363 e. The molecule has 0 aliphatic heterocycles. The highest BCUT2D eigenvalue weighted by atomic mass is 35.5.